The van der Waals surface area contributed by atoms with E-state index in [-0.39, 0.29) is 63.9 Å². The van der Waals surface area contributed by atoms with Crippen molar-refractivity contribution in [2.24, 2.45) is 5.92 Å². The van der Waals surface area contributed by atoms with Crippen LogP contribution in [0.4, 0.5) is 5.69 Å². The fourth-order valence-corrected chi connectivity index (χ4v) is 7.40. The van der Waals surface area contributed by atoms with Gasteiger partial charge in [-0.15, -0.1) is 0 Å². The molecule has 0 saturated heterocycles. The summed E-state index contributed by atoms with van der Waals surface area (Å²) < 4.78 is 67.6. The van der Waals surface area contributed by atoms with Gasteiger partial charge < -0.3 is 19.3 Å². The number of hydrogen-bond donors (Lipinski definition) is 2. The quantitative estimate of drug-likeness (QED) is 0.358. The molecule has 42 heavy (non-hydrogen) atoms. The van der Waals surface area contributed by atoms with Crippen LogP contribution in [0.25, 0.3) is 0 Å². The van der Waals surface area contributed by atoms with Gasteiger partial charge in [-0.05, 0) is 63.2 Å². The van der Waals surface area contributed by atoms with Gasteiger partial charge in [0.15, 0.2) is 10.7 Å². The third-order valence-corrected chi connectivity index (χ3v) is 10.8. The highest BCUT2D eigenvalue weighted by atomic mass is 35.5. The number of halogens is 1. The molecule has 1 amide bonds. The van der Waals surface area contributed by atoms with Crippen LogP contribution in [-0.2, 0) is 20.0 Å². The predicted molar refractivity (Wildman–Crippen MR) is 156 cm³/mol. The highest BCUT2D eigenvalue weighted by molar-refractivity contribution is 7.92. The number of hydrogen-bond acceptors (Lipinski definition) is 9. The maximum Gasteiger partial charge on any atom is 0.267 e. The van der Waals surface area contributed by atoms with Crippen LogP contribution in [0.3, 0.4) is 0 Å². The van der Waals surface area contributed by atoms with E-state index in [1.54, 1.807) is 6.92 Å². The molecule has 0 fully saturated rings. The molecule has 0 bridgehead atoms. The summed E-state index contributed by atoms with van der Waals surface area (Å²) in [4.78, 5) is 15.1. The van der Waals surface area contributed by atoms with Gasteiger partial charge in [-0.3, -0.25) is 9.52 Å². The number of aromatic nitrogens is 1. The van der Waals surface area contributed by atoms with Crippen molar-refractivity contribution in [3.05, 3.63) is 64.5 Å². The van der Waals surface area contributed by atoms with Crippen LogP contribution in [0, 0.1) is 19.8 Å². The Morgan fingerprint density at radius 3 is 2.43 bits per heavy atom. The number of ether oxygens (including phenoxy) is 1. The van der Waals surface area contributed by atoms with E-state index < -0.39 is 38.1 Å². The highest BCUT2D eigenvalue weighted by Crippen LogP contribution is 2.32. The van der Waals surface area contributed by atoms with Gasteiger partial charge in [0.25, 0.3) is 15.9 Å². The number of aliphatic hydroxyl groups is 1. The molecule has 1 aromatic heterocycles. The first kappa shape index (κ1) is 31.8. The fourth-order valence-electron chi connectivity index (χ4n) is 4.71. The van der Waals surface area contributed by atoms with E-state index in [4.69, 9.17) is 20.9 Å². The molecule has 0 unspecified atom stereocenters. The lowest BCUT2D eigenvalue weighted by atomic mass is 9.99. The van der Waals surface area contributed by atoms with Gasteiger partial charge in [0.2, 0.25) is 10.0 Å². The zero-order chi connectivity index (χ0) is 31.0. The third-order valence-electron chi connectivity index (χ3n) is 7.11. The van der Waals surface area contributed by atoms with Gasteiger partial charge in [-0.25, -0.2) is 16.8 Å². The van der Waals surface area contributed by atoms with E-state index in [9.17, 15) is 26.7 Å². The number of aryl methyl sites for hydroxylation is 2. The van der Waals surface area contributed by atoms with Crippen LogP contribution in [0.1, 0.15) is 35.7 Å². The second-order valence-electron chi connectivity index (χ2n) is 10.3. The molecule has 2 N–H and O–H groups in total. The monoisotopic (exact) mass is 640 g/mol. The van der Waals surface area contributed by atoms with Crippen LogP contribution >= 0.6 is 11.6 Å². The lowest BCUT2D eigenvalue weighted by Crippen LogP contribution is -2.50. The number of carbonyl (C=O) groups excluding carboxylic acids is 1. The number of aliphatic hydroxyl groups excluding tert-OH is 1. The molecular weight excluding hydrogens is 608 g/mol. The molecule has 2 heterocycles. The minimum Gasteiger partial charge on any atom is -0.488 e. The number of nitrogens with zero attached hydrogens (tertiary/aromatic N) is 3. The van der Waals surface area contributed by atoms with Crippen molar-refractivity contribution >= 4 is 43.2 Å². The Hall–Kier alpha value is -3.17. The van der Waals surface area contributed by atoms with Crippen LogP contribution in [0.2, 0.25) is 5.02 Å². The number of likely N-dealkylation sites (N-methyl/N-ethyl adjacent to an activating group) is 1. The second-order valence-corrected chi connectivity index (χ2v) is 14.4. The van der Waals surface area contributed by atoms with E-state index in [0.29, 0.717) is 5.02 Å². The lowest BCUT2D eigenvalue weighted by Gasteiger charge is -2.38. The standard InChI is InChI=1S/C27H33ClN4O8S2/c1-16-13-32(17(2)15-33)27(34)23-12-21(30-41(35,36)26-18(3)29-40-19(26)4)8-11-24(23)39-25(16)14-31(5)42(37,38)22-9-6-20(28)7-10-22/h6-12,16-17,25,30,33H,13-15H2,1-5H3/t16-,17-,25+/m1/s1. The molecule has 2 aromatic carbocycles. The number of fused-ring (bicyclic) bond motifs is 1. The van der Waals surface area contributed by atoms with E-state index in [0.717, 1.165) is 0 Å². The highest BCUT2D eigenvalue weighted by Gasteiger charge is 2.36. The smallest absolute Gasteiger partial charge is 0.267 e. The normalized spacial score (nSPS) is 18.7. The number of anilines is 1. The summed E-state index contributed by atoms with van der Waals surface area (Å²) in [7, 11) is -6.56. The maximum atomic E-state index is 13.7. The van der Waals surface area contributed by atoms with Crippen LogP contribution in [-0.4, -0.2) is 81.1 Å². The van der Waals surface area contributed by atoms with E-state index in [2.05, 4.69) is 9.88 Å². The molecule has 0 radical (unpaired) electrons. The van der Waals surface area contributed by atoms with E-state index >= 15 is 0 Å². The number of rotatable bonds is 9. The molecule has 0 spiro atoms. The van der Waals surface area contributed by atoms with Gasteiger partial charge in [0, 0.05) is 30.2 Å². The summed E-state index contributed by atoms with van der Waals surface area (Å²) in [5, 5.41) is 14.0. The van der Waals surface area contributed by atoms with Crippen molar-refractivity contribution in [2.45, 2.75) is 49.6 Å². The van der Waals surface area contributed by atoms with Gasteiger partial charge in [-0.1, -0.05) is 23.7 Å². The first-order valence-corrected chi connectivity index (χ1v) is 16.4. The molecule has 1 aliphatic rings. The van der Waals surface area contributed by atoms with Crippen LogP contribution < -0.4 is 9.46 Å². The molecule has 0 saturated carbocycles. The molecule has 4 rings (SSSR count). The van der Waals surface area contributed by atoms with E-state index in [1.807, 2.05) is 6.92 Å². The summed E-state index contributed by atoms with van der Waals surface area (Å²) in [6.07, 6.45) is -0.706. The van der Waals surface area contributed by atoms with Crippen LogP contribution in [0.15, 0.2) is 56.8 Å². The Balaban J connectivity index is 1.69. The predicted octanol–water partition coefficient (Wildman–Crippen LogP) is 3.29. The van der Waals surface area contributed by atoms with Gasteiger partial charge >= 0.3 is 0 Å². The van der Waals surface area contributed by atoms with Crippen molar-refractivity contribution < 1.29 is 36.0 Å². The van der Waals surface area contributed by atoms with E-state index in [1.165, 1.54) is 72.6 Å². The number of nitrogens with one attached hydrogen (secondary N) is 1. The summed E-state index contributed by atoms with van der Waals surface area (Å²) in [5.74, 6) is -0.568. The first-order valence-electron chi connectivity index (χ1n) is 13.1. The molecule has 0 aliphatic carbocycles. The number of sulfonamides is 2. The number of carbonyl (C=O) groups is 1. The molecule has 15 heteroatoms. The zero-order valence-corrected chi connectivity index (χ0v) is 26.1. The SMILES string of the molecule is Cc1noc(C)c1S(=O)(=O)Nc1ccc2c(c1)C(=O)N([C@H](C)CO)C[C@@H](C)[C@H](CN(C)S(=O)(=O)c1ccc(Cl)cc1)O2. The Morgan fingerprint density at radius 1 is 1.17 bits per heavy atom. The summed E-state index contributed by atoms with van der Waals surface area (Å²) in [5.41, 5.74) is 0.326. The number of benzene rings is 2. The lowest BCUT2D eigenvalue weighted by molar-refractivity contribution is 0.0387. The molecule has 3 atom stereocenters. The van der Waals surface area contributed by atoms with Gasteiger partial charge in [-0.2, -0.15) is 4.31 Å². The maximum absolute atomic E-state index is 13.7. The summed E-state index contributed by atoms with van der Waals surface area (Å²) >= 11 is 5.92. The van der Waals surface area contributed by atoms with Crippen molar-refractivity contribution in [1.82, 2.24) is 14.4 Å². The Bertz CT molecular complexity index is 1660. The Kier molecular flexibility index (Phi) is 9.23. The van der Waals surface area contributed by atoms with Crippen molar-refractivity contribution in [3.63, 3.8) is 0 Å². The van der Waals surface area contributed by atoms with Gasteiger partial charge in [0.1, 0.15) is 17.5 Å². The average molecular weight is 641 g/mol. The average Bonchev–Trinajstić information content (AvgIpc) is 3.28. The Labute approximate surface area is 250 Å². The molecule has 228 valence electrons. The minimum absolute atomic E-state index is 0.0503. The molecule has 1 aliphatic heterocycles. The third kappa shape index (κ3) is 6.42. The molecular formula is C27H33ClN4O8S2. The topological polar surface area (TPSA) is 159 Å². The molecule has 3 aromatic rings. The fraction of sp³-hybridized carbons (Fsp3) is 0.407. The zero-order valence-electron chi connectivity index (χ0n) is 23.7. The van der Waals surface area contributed by atoms with Crippen molar-refractivity contribution in [2.75, 3.05) is 31.5 Å². The largest absolute Gasteiger partial charge is 0.488 e. The second kappa shape index (κ2) is 12.2. The van der Waals surface area contributed by atoms with Crippen molar-refractivity contribution in [1.29, 1.82) is 0 Å². The first-order chi connectivity index (χ1) is 19.6. The summed E-state index contributed by atoms with van der Waals surface area (Å²) in [6.45, 7) is 6.27. The van der Waals surface area contributed by atoms with Gasteiger partial charge in [0.05, 0.1) is 29.7 Å². The summed E-state index contributed by atoms with van der Waals surface area (Å²) in [6, 6.07) is 9.49. The van der Waals surface area contributed by atoms with Crippen molar-refractivity contribution in [3.8, 4) is 5.75 Å². The Morgan fingerprint density at radius 2 is 1.83 bits per heavy atom. The minimum atomic E-state index is -4.10. The number of amides is 1. The molecule has 12 nitrogen and oxygen atoms in total. The van der Waals surface area contributed by atoms with Crippen LogP contribution in [0.5, 0.6) is 5.75 Å².